The van der Waals surface area contributed by atoms with E-state index in [2.05, 4.69) is 31.6 Å². The van der Waals surface area contributed by atoms with Gasteiger partial charge in [0.15, 0.2) is 0 Å². The molecule has 0 saturated heterocycles. The Kier molecular flexibility index (Phi) is 5.06. The maximum Gasteiger partial charge on any atom is 0.0601 e. The number of hydrogen-bond acceptors (Lipinski definition) is 1. The number of nitrogens with zero attached hydrogens (tertiary/aromatic N) is 1. The second kappa shape index (κ2) is 5.32. The highest BCUT2D eigenvalue weighted by Crippen LogP contribution is 1.97. The van der Waals surface area contributed by atoms with Crippen molar-refractivity contribution in [2.45, 2.75) is 33.2 Å². The molecule has 0 aromatic rings. The summed E-state index contributed by atoms with van der Waals surface area (Å²) in [6, 6.07) is 0.580. The molecule has 0 fully saturated rings. The van der Waals surface area contributed by atoms with E-state index in [1.807, 2.05) is 0 Å². The van der Waals surface area contributed by atoms with Gasteiger partial charge in [0.05, 0.1) is 6.54 Å². The number of terminal acetylenes is 1. The smallest absolute Gasteiger partial charge is 0.0601 e. The Morgan fingerprint density at radius 3 is 2.40 bits per heavy atom. The van der Waals surface area contributed by atoms with Crippen LogP contribution in [-0.4, -0.2) is 24.0 Å². The molecule has 0 N–H and O–H groups in total. The van der Waals surface area contributed by atoms with Crippen molar-refractivity contribution in [1.82, 2.24) is 4.90 Å². The molecule has 0 aromatic carbocycles. The molecule has 0 spiro atoms. The molecule has 0 atom stereocenters. The minimum atomic E-state index is 0.580. The van der Waals surface area contributed by atoms with E-state index in [9.17, 15) is 0 Å². The van der Waals surface area contributed by atoms with Gasteiger partial charge in [-0.1, -0.05) is 12.8 Å². The zero-order valence-electron chi connectivity index (χ0n) is 7.22. The lowest BCUT2D eigenvalue weighted by molar-refractivity contribution is 0.250. The lowest BCUT2D eigenvalue weighted by Gasteiger charge is -2.22. The van der Waals surface area contributed by atoms with Gasteiger partial charge in [-0.05, 0) is 26.8 Å². The Morgan fingerprint density at radius 1 is 1.50 bits per heavy atom. The van der Waals surface area contributed by atoms with Crippen LogP contribution in [0.15, 0.2) is 0 Å². The molecule has 0 unspecified atom stereocenters. The van der Waals surface area contributed by atoms with Gasteiger partial charge in [0.25, 0.3) is 0 Å². The van der Waals surface area contributed by atoms with E-state index in [0.717, 1.165) is 13.1 Å². The molecule has 10 heavy (non-hydrogen) atoms. The Morgan fingerprint density at radius 2 is 2.10 bits per heavy atom. The molecule has 0 aliphatic rings. The summed E-state index contributed by atoms with van der Waals surface area (Å²) >= 11 is 0. The normalized spacial score (nSPS) is 10.4. The third-order valence-electron chi connectivity index (χ3n) is 1.54. The van der Waals surface area contributed by atoms with Crippen LogP contribution < -0.4 is 0 Å². The van der Waals surface area contributed by atoms with Gasteiger partial charge in [-0.15, -0.1) is 6.42 Å². The minimum absolute atomic E-state index is 0.580. The van der Waals surface area contributed by atoms with Crippen molar-refractivity contribution < 1.29 is 0 Å². The lowest BCUT2D eigenvalue weighted by atomic mass is 10.3. The third-order valence-corrected chi connectivity index (χ3v) is 1.54. The molecule has 0 aliphatic heterocycles. The summed E-state index contributed by atoms with van der Waals surface area (Å²) < 4.78 is 0. The molecular weight excluding hydrogens is 122 g/mol. The first-order valence-corrected chi connectivity index (χ1v) is 3.89. The molecule has 0 heterocycles. The minimum Gasteiger partial charge on any atom is -0.290 e. The average Bonchev–Trinajstić information content (AvgIpc) is 1.87. The second-order valence-corrected chi connectivity index (χ2v) is 2.77. The molecule has 0 aliphatic carbocycles. The molecule has 0 aromatic heterocycles. The lowest BCUT2D eigenvalue weighted by Crippen LogP contribution is -2.31. The van der Waals surface area contributed by atoms with Crippen LogP contribution in [0.2, 0.25) is 0 Å². The fraction of sp³-hybridized carbons (Fsp3) is 0.778. The van der Waals surface area contributed by atoms with Gasteiger partial charge < -0.3 is 0 Å². The maximum atomic E-state index is 5.21. The highest BCUT2D eigenvalue weighted by atomic mass is 15.1. The van der Waals surface area contributed by atoms with E-state index in [1.54, 1.807) is 0 Å². The van der Waals surface area contributed by atoms with E-state index >= 15 is 0 Å². The Labute approximate surface area is 64.4 Å². The van der Waals surface area contributed by atoms with Crippen molar-refractivity contribution >= 4 is 0 Å². The van der Waals surface area contributed by atoms with Crippen molar-refractivity contribution in [3.05, 3.63) is 0 Å². The number of hydrogen-bond donors (Lipinski definition) is 0. The average molecular weight is 139 g/mol. The van der Waals surface area contributed by atoms with Crippen molar-refractivity contribution in [3.63, 3.8) is 0 Å². The van der Waals surface area contributed by atoms with E-state index in [4.69, 9.17) is 6.42 Å². The van der Waals surface area contributed by atoms with Crippen LogP contribution in [0.3, 0.4) is 0 Å². The summed E-state index contributed by atoms with van der Waals surface area (Å²) in [7, 11) is 0. The molecule has 0 bridgehead atoms. The first kappa shape index (κ1) is 9.52. The second-order valence-electron chi connectivity index (χ2n) is 2.77. The summed E-state index contributed by atoms with van der Waals surface area (Å²) in [6.07, 6.45) is 6.39. The summed E-state index contributed by atoms with van der Waals surface area (Å²) in [5, 5.41) is 0. The topological polar surface area (TPSA) is 3.24 Å². The van der Waals surface area contributed by atoms with Crippen molar-refractivity contribution in [1.29, 1.82) is 0 Å². The molecule has 1 heteroatoms. The maximum absolute atomic E-state index is 5.21. The van der Waals surface area contributed by atoms with Gasteiger partial charge in [-0.2, -0.15) is 0 Å². The van der Waals surface area contributed by atoms with Gasteiger partial charge in [0.2, 0.25) is 0 Å². The Bertz CT molecular complexity index is 110. The van der Waals surface area contributed by atoms with Crippen LogP contribution in [0.25, 0.3) is 0 Å². The van der Waals surface area contributed by atoms with Crippen molar-refractivity contribution in [3.8, 4) is 12.3 Å². The summed E-state index contributed by atoms with van der Waals surface area (Å²) in [6.45, 7) is 8.42. The van der Waals surface area contributed by atoms with E-state index < -0.39 is 0 Å². The van der Waals surface area contributed by atoms with Crippen LogP contribution in [0, 0.1) is 12.3 Å². The van der Waals surface area contributed by atoms with Gasteiger partial charge in [0, 0.05) is 6.04 Å². The van der Waals surface area contributed by atoms with Gasteiger partial charge in [0.1, 0.15) is 0 Å². The highest BCUT2D eigenvalue weighted by molar-refractivity contribution is 4.88. The monoisotopic (exact) mass is 139 g/mol. The van der Waals surface area contributed by atoms with Crippen LogP contribution in [0.5, 0.6) is 0 Å². The molecule has 0 saturated carbocycles. The zero-order valence-corrected chi connectivity index (χ0v) is 7.22. The summed E-state index contributed by atoms with van der Waals surface area (Å²) in [5.41, 5.74) is 0. The molecule has 0 rings (SSSR count). The molecule has 58 valence electrons. The van der Waals surface area contributed by atoms with Crippen LogP contribution >= 0.6 is 0 Å². The van der Waals surface area contributed by atoms with E-state index in [0.29, 0.717) is 6.04 Å². The Hall–Kier alpha value is -0.480. The zero-order chi connectivity index (χ0) is 7.98. The standard InChI is InChI=1S/C9H17N/c1-5-7-10(8-6-2)9(3)4/h1,9H,6-8H2,2-4H3. The highest BCUT2D eigenvalue weighted by Gasteiger charge is 2.04. The first-order chi connectivity index (χ1) is 4.72. The fourth-order valence-corrected chi connectivity index (χ4v) is 0.924. The summed E-state index contributed by atoms with van der Waals surface area (Å²) in [5.74, 6) is 2.66. The van der Waals surface area contributed by atoms with Gasteiger partial charge >= 0.3 is 0 Å². The largest absolute Gasteiger partial charge is 0.290 e. The first-order valence-electron chi connectivity index (χ1n) is 3.89. The fourth-order valence-electron chi connectivity index (χ4n) is 0.924. The predicted octanol–water partition coefficient (Wildman–Crippen LogP) is 1.74. The third kappa shape index (κ3) is 3.53. The molecular formula is C9H17N. The van der Waals surface area contributed by atoms with Gasteiger partial charge in [-0.3, -0.25) is 4.90 Å². The van der Waals surface area contributed by atoms with Crippen molar-refractivity contribution in [2.24, 2.45) is 0 Å². The number of rotatable bonds is 4. The van der Waals surface area contributed by atoms with E-state index in [1.165, 1.54) is 6.42 Å². The Balaban J connectivity index is 3.63. The van der Waals surface area contributed by atoms with E-state index in [-0.39, 0.29) is 0 Å². The van der Waals surface area contributed by atoms with Crippen LogP contribution in [0.4, 0.5) is 0 Å². The van der Waals surface area contributed by atoms with Gasteiger partial charge in [-0.25, -0.2) is 0 Å². The molecule has 0 amide bonds. The van der Waals surface area contributed by atoms with Crippen LogP contribution in [-0.2, 0) is 0 Å². The molecule has 0 radical (unpaired) electrons. The van der Waals surface area contributed by atoms with Crippen molar-refractivity contribution in [2.75, 3.05) is 13.1 Å². The summed E-state index contributed by atoms with van der Waals surface area (Å²) in [4.78, 5) is 2.29. The molecule has 1 nitrogen and oxygen atoms in total. The predicted molar refractivity (Wildman–Crippen MR) is 45.8 cm³/mol. The quantitative estimate of drug-likeness (QED) is 0.536. The SMILES string of the molecule is C#CCN(CCC)C(C)C. The van der Waals surface area contributed by atoms with Crippen LogP contribution in [0.1, 0.15) is 27.2 Å².